The Morgan fingerprint density at radius 1 is 1.21 bits per heavy atom. The van der Waals surface area contributed by atoms with Gasteiger partial charge in [0.1, 0.15) is 17.7 Å². The van der Waals surface area contributed by atoms with Crippen LogP contribution in [0.15, 0.2) is 53.5 Å². The van der Waals surface area contributed by atoms with Gasteiger partial charge in [-0.2, -0.15) is 0 Å². The maximum atomic E-state index is 12.9. The molecule has 4 rings (SSSR count). The van der Waals surface area contributed by atoms with Crippen molar-refractivity contribution in [1.29, 1.82) is 0 Å². The predicted molar refractivity (Wildman–Crippen MR) is 90.3 cm³/mol. The van der Waals surface area contributed by atoms with Gasteiger partial charge in [-0.3, -0.25) is 4.79 Å². The summed E-state index contributed by atoms with van der Waals surface area (Å²) in [5, 5.41) is 2.96. The summed E-state index contributed by atoms with van der Waals surface area (Å²) in [5.74, 6) is 0.730. The zero-order chi connectivity index (χ0) is 16.5. The minimum atomic E-state index is -0.270. The molecule has 1 N–H and O–H groups in total. The molecule has 0 unspecified atom stereocenters. The number of amides is 1. The molecule has 0 aromatic heterocycles. The maximum Gasteiger partial charge on any atom is 0.243 e. The van der Waals surface area contributed by atoms with E-state index >= 15 is 0 Å². The van der Waals surface area contributed by atoms with Crippen LogP contribution in [0.3, 0.4) is 0 Å². The lowest BCUT2D eigenvalue weighted by Gasteiger charge is -2.29. The highest BCUT2D eigenvalue weighted by Gasteiger charge is 2.36. The van der Waals surface area contributed by atoms with Crippen LogP contribution in [0.2, 0.25) is 0 Å². The first-order valence-electron chi connectivity index (χ1n) is 8.15. The molecule has 5 heteroatoms. The summed E-state index contributed by atoms with van der Waals surface area (Å²) in [6.45, 7) is 1.14. The van der Waals surface area contributed by atoms with Crippen molar-refractivity contribution in [3.05, 3.63) is 65.5 Å². The number of hydrogen-bond acceptors (Lipinski definition) is 3. The SMILES string of the molecule is O=C(NCc1ccc(F)cc1)[C@@H]1CCC2=Nc3ccccc3CN21. The number of aliphatic imine (C=N–C) groups is 1. The summed E-state index contributed by atoms with van der Waals surface area (Å²) < 4.78 is 12.9. The number of amidine groups is 1. The molecule has 1 atom stereocenters. The first-order valence-corrected chi connectivity index (χ1v) is 8.15. The van der Waals surface area contributed by atoms with Crippen LogP contribution in [0.1, 0.15) is 24.0 Å². The van der Waals surface area contributed by atoms with Crippen LogP contribution in [0, 0.1) is 5.82 Å². The zero-order valence-corrected chi connectivity index (χ0v) is 13.2. The molecular formula is C19H18FN3O. The number of nitrogens with zero attached hydrogens (tertiary/aromatic N) is 2. The van der Waals surface area contributed by atoms with Crippen molar-refractivity contribution in [3.8, 4) is 0 Å². The van der Waals surface area contributed by atoms with Crippen LogP contribution < -0.4 is 5.32 Å². The third kappa shape index (κ3) is 2.77. The highest BCUT2D eigenvalue weighted by Crippen LogP contribution is 2.32. The van der Waals surface area contributed by atoms with E-state index in [-0.39, 0.29) is 17.8 Å². The quantitative estimate of drug-likeness (QED) is 0.943. The molecule has 0 saturated carbocycles. The van der Waals surface area contributed by atoms with Gasteiger partial charge in [0, 0.05) is 19.5 Å². The van der Waals surface area contributed by atoms with Gasteiger partial charge in [0.2, 0.25) is 5.91 Å². The molecule has 0 aliphatic carbocycles. The Bertz CT molecular complexity index is 801. The van der Waals surface area contributed by atoms with E-state index in [0.717, 1.165) is 42.0 Å². The molecule has 0 bridgehead atoms. The highest BCUT2D eigenvalue weighted by atomic mass is 19.1. The smallest absolute Gasteiger partial charge is 0.243 e. The molecule has 2 aliphatic heterocycles. The standard InChI is InChI=1S/C19H18FN3O/c20-15-7-5-13(6-8-15)11-21-19(24)17-9-10-18-22-16-4-2-1-3-14(16)12-23(17)18/h1-8,17H,9-12H2,(H,21,24)/t17-/m0/s1. The summed E-state index contributed by atoms with van der Waals surface area (Å²) in [4.78, 5) is 19.4. The molecule has 122 valence electrons. The second-order valence-corrected chi connectivity index (χ2v) is 6.18. The van der Waals surface area contributed by atoms with Gasteiger partial charge < -0.3 is 10.2 Å². The average Bonchev–Trinajstić information content (AvgIpc) is 3.02. The number of benzene rings is 2. The number of para-hydroxylation sites is 1. The lowest BCUT2D eigenvalue weighted by molar-refractivity contribution is -0.125. The molecule has 2 aromatic carbocycles. The first-order chi connectivity index (χ1) is 11.7. The van der Waals surface area contributed by atoms with Gasteiger partial charge in [-0.1, -0.05) is 30.3 Å². The first kappa shape index (κ1) is 14.9. The van der Waals surface area contributed by atoms with Crippen molar-refractivity contribution in [2.24, 2.45) is 4.99 Å². The normalized spacial score (nSPS) is 18.6. The summed E-state index contributed by atoms with van der Waals surface area (Å²) in [6.07, 6.45) is 1.60. The average molecular weight is 323 g/mol. The minimum absolute atomic E-state index is 0.00362. The molecule has 1 saturated heterocycles. The van der Waals surface area contributed by atoms with E-state index in [2.05, 4.69) is 21.3 Å². The lowest BCUT2D eigenvalue weighted by atomic mass is 10.1. The van der Waals surface area contributed by atoms with Gasteiger partial charge in [-0.15, -0.1) is 0 Å². The maximum absolute atomic E-state index is 12.9. The highest BCUT2D eigenvalue weighted by molar-refractivity contribution is 5.95. The van der Waals surface area contributed by atoms with E-state index in [0.29, 0.717) is 6.54 Å². The van der Waals surface area contributed by atoms with Gasteiger partial charge in [-0.05, 0) is 35.7 Å². The van der Waals surface area contributed by atoms with Crippen molar-refractivity contribution in [3.63, 3.8) is 0 Å². The minimum Gasteiger partial charge on any atom is -0.350 e. The second-order valence-electron chi connectivity index (χ2n) is 6.18. The van der Waals surface area contributed by atoms with Crippen LogP contribution in [0.5, 0.6) is 0 Å². The molecule has 2 heterocycles. The Balaban J connectivity index is 1.44. The van der Waals surface area contributed by atoms with Gasteiger partial charge in [0.15, 0.2) is 0 Å². The fourth-order valence-corrected chi connectivity index (χ4v) is 3.32. The van der Waals surface area contributed by atoms with E-state index in [1.165, 1.54) is 12.1 Å². The number of halogens is 1. The summed E-state index contributed by atoms with van der Waals surface area (Å²) in [7, 11) is 0. The van der Waals surface area contributed by atoms with Crippen molar-refractivity contribution >= 4 is 17.4 Å². The van der Waals surface area contributed by atoms with Crippen LogP contribution in [-0.2, 0) is 17.9 Å². The Morgan fingerprint density at radius 2 is 2.00 bits per heavy atom. The number of fused-ring (bicyclic) bond motifs is 2. The van der Waals surface area contributed by atoms with Gasteiger partial charge in [0.05, 0.1) is 5.69 Å². The van der Waals surface area contributed by atoms with E-state index < -0.39 is 0 Å². The van der Waals surface area contributed by atoms with Gasteiger partial charge in [0.25, 0.3) is 0 Å². The predicted octanol–water partition coefficient (Wildman–Crippen LogP) is 3.15. The molecule has 24 heavy (non-hydrogen) atoms. The molecule has 2 aromatic rings. The summed E-state index contributed by atoms with van der Waals surface area (Å²) >= 11 is 0. The van der Waals surface area contributed by atoms with E-state index in [9.17, 15) is 9.18 Å². The van der Waals surface area contributed by atoms with E-state index in [1.807, 2.05) is 18.2 Å². The molecule has 1 amide bonds. The van der Waals surface area contributed by atoms with Crippen LogP contribution >= 0.6 is 0 Å². The Hall–Kier alpha value is -2.69. The largest absolute Gasteiger partial charge is 0.350 e. The second kappa shape index (κ2) is 6.07. The molecule has 2 aliphatic rings. The lowest BCUT2D eigenvalue weighted by Crippen LogP contribution is -2.44. The van der Waals surface area contributed by atoms with E-state index in [4.69, 9.17) is 0 Å². The van der Waals surface area contributed by atoms with Gasteiger partial charge in [-0.25, -0.2) is 9.38 Å². The Morgan fingerprint density at radius 3 is 2.83 bits per heavy atom. The van der Waals surface area contributed by atoms with Crippen LogP contribution in [0.25, 0.3) is 0 Å². The Kier molecular flexibility index (Phi) is 3.76. The van der Waals surface area contributed by atoms with Crippen LogP contribution in [0.4, 0.5) is 10.1 Å². The van der Waals surface area contributed by atoms with Gasteiger partial charge >= 0.3 is 0 Å². The van der Waals surface area contributed by atoms with E-state index in [1.54, 1.807) is 12.1 Å². The topological polar surface area (TPSA) is 44.7 Å². The number of carbonyl (C=O) groups excluding carboxylic acids is 1. The summed E-state index contributed by atoms with van der Waals surface area (Å²) in [5.41, 5.74) is 3.05. The fourth-order valence-electron chi connectivity index (χ4n) is 3.32. The summed E-state index contributed by atoms with van der Waals surface area (Å²) in [6, 6.07) is 14.1. The Labute approximate surface area is 140 Å². The molecular weight excluding hydrogens is 305 g/mol. The number of hydrogen-bond donors (Lipinski definition) is 1. The number of carbonyl (C=O) groups is 1. The monoisotopic (exact) mass is 323 g/mol. The molecule has 0 spiro atoms. The van der Waals surface area contributed by atoms with Crippen molar-refractivity contribution in [2.75, 3.05) is 0 Å². The zero-order valence-electron chi connectivity index (χ0n) is 13.2. The third-order valence-electron chi connectivity index (χ3n) is 4.61. The fraction of sp³-hybridized carbons (Fsp3) is 0.263. The van der Waals surface area contributed by atoms with Crippen molar-refractivity contribution < 1.29 is 9.18 Å². The third-order valence-corrected chi connectivity index (χ3v) is 4.61. The van der Waals surface area contributed by atoms with Crippen molar-refractivity contribution in [2.45, 2.75) is 32.0 Å². The molecule has 0 radical (unpaired) electrons. The van der Waals surface area contributed by atoms with Crippen molar-refractivity contribution in [1.82, 2.24) is 10.2 Å². The number of nitrogens with one attached hydrogen (secondary N) is 1. The van der Waals surface area contributed by atoms with Crippen LogP contribution in [-0.4, -0.2) is 22.7 Å². The molecule has 1 fully saturated rings. The number of rotatable bonds is 3. The molecule has 4 nitrogen and oxygen atoms in total.